The number of piperidine rings is 1. The van der Waals surface area contributed by atoms with E-state index in [0.717, 1.165) is 67.1 Å². The smallest absolute Gasteiger partial charge is 0.338 e. The van der Waals surface area contributed by atoms with Gasteiger partial charge in [0.05, 0.1) is 24.3 Å². The van der Waals surface area contributed by atoms with Gasteiger partial charge in [-0.25, -0.2) is 28.3 Å². The van der Waals surface area contributed by atoms with Gasteiger partial charge in [-0.05, 0) is 48.9 Å². The van der Waals surface area contributed by atoms with Gasteiger partial charge in [-0.2, -0.15) is 10.2 Å². The molecule has 4 aromatic rings. The summed E-state index contributed by atoms with van der Waals surface area (Å²) in [4.78, 5) is 37.9. The van der Waals surface area contributed by atoms with E-state index >= 15 is 0 Å². The molecule has 0 saturated carbocycles. The van der Waals surface area contributed by atoms with Crippen LogP contribution in [0, 0.1) is 0 Å². The minimum absolute atomic E-state index is 0.00194. The van der Waals surface area contributed by atoms with Crippen LogP contribution in [0.15, 0.2) is 36.9 Å². The molecule has 50 heavy (non-hydrogen) atoms. The zero-order chi connectivity index (χ0) is 34.9. The number of aryl methyl sites for hydroxylation is 2. The van der Waals surface area contributed by atoms with Crippen molar-refractivity contribution in [3.63, 3.8) is 0 Å². The van der Waals surface area contributed by atoms with Crippen LogP contribution in [0.4, 0.5) is 25.1 Å². The number of carboxylic acid groups (broad SMARTS) is 1. The van der Waals surface area contributed by atoms with Crippen molar-refractivity contribution in [3.05, 3.63) is 64.9 Å². The molecule has 264 valence electrons. The van der Waals surface area contributed by atoms with Crippen LogP contribution in [0.5, 0.6) is 6.01 Å². The first-order chi connectivity index (χ1) is 24.2. The van der Waals surface area contributed by atoms with Gasteiger partial charge in [-0.3, -0.25) is 14.3 Å². The van der Waals surface area contributed by atoms with Gasteiger partial charge in [0.25, 0.3) is 6.43 Å². The van der Waals surface area contributed by atoms with Crippen molar-refractivity contribution in [2.45, 2.75) is 51.1 Å². The van der Waals surface area contributed by atoms with Crippen molar-refractivity contribution in [2.75, 3.05) is 51.3 Å². The molecule has 16 heteroatoms. The molecule has 3 aliphatic heterocycles. The van der Waals surface area contributed by atoms with Gasteiger partial charge in [-0.15, -0.1) is 0 Å². The zero-order valence-electron chi connectivity index (χ0n) is 28.1. The molecule has 6 heterocycles. The third kappa shape index (κ3) is 6.58. The van der Waals surface area contributed by atoms with Crippen LogP contribution >= 0.6 is 0 Å². The Hall–Kier alpha value is -5.12. The summed E-state index contributed by atoms with van der Waals surface area (Å²) in [7, 11) is 3.39. The van der Waals surface area contributed by atoms with Crippen molar-refractivity contribution in [1.29, 1.82) is 0 Å². The zero-order valence-corrected chi connectivity index (χ0v) is 28.1. The molecular formula is C34H40F2N10O4. The highest BCUT2D eigenvalue weighted by Crippen LogP contribution is 2.43. The van der Waals surface area contributed by atoms with E-state index in [1.165, 1.54) is 12.4 Å². The predicted molar refractivity (Wildman–Crippen MR) is 179 cm³/mol. The number of aromatic carboxylic acids is 1. The molecule has 2 N–H and O–H groups in total. The van der Waals surface area contributed by atoms with Crippen molar-refractivity contribution in [2.24, 2.45) is 7.05 Å². The second kappa shape index (κ2) is 14.0. The minimum atomic E-state index is -2.67. The summed E-state index contributed by atoms with van der Waals surface area (Å²) in [6.07, 6.45) is 7.12. The fourth-order valence-electron chi connectivity index (χ4n) is 7.29. The summed E-state index contributed by atoms with van der Waals surface area (Å²) in [6, 6.07) is 3.63. The van der Waals surface area contributed by atoms with Gasteiger partial charge < -0.3 is 25.0 Å². The number of nitrogens with zero attached hydrogens (tertiary/aromatic N) is 9. The number of alkyl halides is 2. The summed E-state index contributed by atoms with van der Waals surface area (Å²) >= 11 is 0. The number of hydrogen-bond acceptors (Lipinski definition) is 9. The van der Waals surface area contributed by atoms with Crippen LogP contribution < -0.4 is 15.0 Å². The standard InChI is InChI=1S/C34H40F2N10O4/c1-37-34(49)44-11-7-28-27(20-44)31(45-8-3-4-21-14-25(23-18-40-42(2)19-23)26(30(35)36)15-29(21)45)41-46(28)24-5-9-43(10-6-24)12-13-50-33-38-16-22(17-39-33)32(47)48/h14-19,24,30H,3-13,20H2,1-2H3,(H,37,49)(H,47,48). The van der Waals surface area contributed by atoms with Crippen LogP contribution in [-0.2, 0) is 26.4 Å². The maximum Gasteiger partial charge on any atom is 0.338 e. The SMILES string of the molecule is CNC(=O)N1CCc2c(c(N3CCCc4cc(-c5cnn(C)c5)c(C(F)F)cc43)nn2C2CCN(CCOc3ncc(C(=O)O)cn3)CC2)C1. The number of likely N-dealkylation sites (tertiary alicyclic amines) is 1. The number of carboxylic acids is 1. The number of carbonyl (C=O) groups excluding carboxylic acids is 1. The molecule has 1 aromatic carbocycles. The van der Waals surface area contributed by atoms with E-state index in [1.807, 2.05) is 6.07 Å². The third-order valence-corrected chi connectivity index (χ3v) is 9.86. The van der Waals surface area contributed by atoms with Gasteiger partial charge >= 0.3 is 18.0 Å². The molecule has 14 nitrogen and oxygen atoms in total. The first-order valence-corrected chi connectivity index (χ1v) is 16.9. The Balaban J connectivity index is 1.13. The predicted octanol–water partition coefficient (Wildman–Crippen LogP) is 4.21. The molecule has 0 unspecified atom stereocenters. The number of amides is 2. The van der Waals surface area contributed by atoms with Crippen molar-refractivity contribution < 1.29 is 28.2 Å². The number of aromatic nitrogens is 6. The van der Waals surface area contributed by atoms with E-state index in [0.29, 0.717) is 50.3 Å². The fraction of sp³-hybridized carbons (Fsp3) is 0.471. The first kappa shape index (κ1) is 33.4. The van der Waals surface area contributed by atoms with Crippen molar-refractivity contribution in [3.8, 4) is 17.1 Å². The Morgan fingerprint density at radius 1 is 1.08 bits per heavy atom. The van der Waals surface area contributed by atoms with Gasteiger partial charge in [0.1, 0.15) is 6.61 Å². The fourth-order valence-corrected chi connectivity index (χ4v) is 7.29. The highest BCUT2D eigenvalue weighted by Gasteiger charge is 2.35. The van der Waals surface area contributed by atoms with Crippen LogP contribution in [0.1, 0.15) is 64.5 Å². The van der Waals surface area contributed by atoms with Gasteiger partial charge in [0, 0.05) is 99.9 Å². The number of benzene rings is 1. The molecule has 2 amide bonds. The molecule has 3 aromatic heterocycles. The van der Waals surface area contributed by atoms with Gasteiger partial charge in [0.15, 0.2) is 5.82 Å². The highest BCUT2D eigenvalue weighted by atomic mass is 19.3. The number of carbonyl (C=O) groups is 2. The van der Waals surface area contributed by atoms with Crippen LogP contribution in [0.2, 0.25) is 0 Å². The number of hydrogen-bond donors (Lipinski definition) is 2. The molecule has 0 radical (unpaired) electrons. The molecular weight excluding hydrogens is 650 g/mol. The summed E-state index contributed by atoms with van der Waals surface area (Å²) < 4.78 is 38.6. The average Bonchev–Trinajstić information content (AvgIpc) is 3.74. The lowest BCUT2D eigenvalue weighted by molar-refractivity contribution is 0.0695. The number of urea groups is 1. The number of rotatable bonds is 9. The molecule has 1 fully saturated rings. The molecule has 0 bridgehead atoms. The number of nitrogens with one attached hydrogen (secondary N) is 1. The maximum absolute atomic E-state index is 14.6. The quantitative estimate of drug-likeness (QED) is 0.262. The van der Waals surface area contributed by atoms with Crippen molar-refractivity contribution >= 4 is 23.5 Å². The topological polar surface area (TPSA) is 147 Å². The van der Waals surface area contributed by atoms with E-state index in [1.54, 1.807) is 42.1 Å². The average molecular weight is 691 g/mol. The monoisotopic (exact) mass is 690 g/mol. The molecule has 0 spiro atoms. The summed E-state index contributed by atoms with van der Waals surface area (Å²) in [5, 5.41) is 21.2. The van der Waals surface area contributed by atoms with Crippen LogP contribution in [-0.4, -0.2) is 103 Å². The lowest BCUT2D eigenvalue weighted by Crippen LogP contribution is -2.42. The molecule has 7 rings (SSSR count). The Morgan fingerprint density at radius 2 is 1.86 bits per heavy atom. The number of anilines is 2. The van der Waals surface area contributed by atoms with Crippen molar-refractivity contribution in [1.82, 2.24) is 44.6 Å². The Kier molecular flexibility index (Phi) is 9.35. The van der Waals surface area contributed by atoms with Gasteiger partial charge in [0.2, 0.25) is 0 Å². The second-order valence-corrected chi connectivity index (χ2v) is 12.9. The molecule has 1 saturated heterocycles. The number of ether oxygens (including phenoxy) is 1. The lowest BCUT2D eigenvalue weighted by atomic mass is 9.92. The molecule has 0 atom stereocenters. The first-order valence-electron chi connectivity index (χ1n) is 16.9. The minimum Gasteiger partial charge on any atom is -0.478 e. The van der Waals surface area contributed by atoms with E-state index in [4.69, 9.17) is 14.9 Å². The summed E-state index contributed by atoms with van der Waals surface area (Å²) in [5.74, 6) is -0.362. The molecule has 0 aliphatic carbocycles. The van der Waals surface area contributed by atoms with E-state index < -0.39 is 12.4 Å². The largest absolute Gasteiger partial charge is 0.478 e. The Morgan fingerprint density at radius 3 is 2.54 bits per heavy atom. The van der Waals surface area contributed by atoms with Gasteiger partial charge in [-0.1, -0.05) is 0 Å². The van der Waals surface area contributed by atoms with Crippen LogP contribution in [0.3, 0.4) is 0 Å². The van der Waals surface area contributed by atoms with E-state index in [2.05, 4.69) is 34.9 Å². The summed E-state index contributed by atoms with van der Waals surface area (Å²) in [6.45, 7) is 4.25. The molecule has 3 aliphatic rings. The maximum atomic E-state index is 14.6. The normalized spacial score (nSPS) is 16.7. The van der Waals surface area contributed by atoms with E-state index in [9.17, 15) is 18.4 Å². The summed E-state index contributed by atoms with van der Waals surface area (Å²) in [5.41, 5.74) is 4.90. The lowest BCUT2D eigenvalue weighted by Gasteiger charge is -2.34. The Bertz CT molecular complexity index is 1870. The van der Waals surface area contributed by atoms with E-state index in [-0.39, 0.29) is 29.2 Å². The number of fused-ring (bicyclic) bond motifs is 2. The third-order valence-electron chi connectivity index (χ3n) is 9.86. The Labute approximate surface area is 287 Å². The van der Waals surface area contributed by atoms with Crippen LogP contribution in [0.25, 0.3) is 11.1 Å². The number of halogens is 2. The second-order valence-electron chi connectivity index (χ2n) is 12.9. The highest BCUT2D eigenvalue weighted by molar-refractivity contribution is 5.86.